The number of halogens is 2. The van der Waals surface area contributed by atoms with E-state index in [0.29, 0.717) is 12.8 Å². The molecule has 14 N–H and O–H groups in total. The predicted molar refractivity (Wildman–Crippen MR) is 124 cm³/mol. The van der Waals surface area contributed by atoms with Crippen molar-refractivity contribution in [3.05, 3.63) is 0 Å². The highest BCUT2D eigenvalue weighted by Crippen LogP contribution is 2.33. The van der Waals surface area contributed by atoms with Crippen LogP contribution < -0.4 is 34.0 Å². The number of aliphatic hydroxyl groups excluding tert-OH is 3. The van der Waals surface area contributed by atoms with Crippen LogP contribution in [0.2, 0.25) is 0 Å². The molecular formula is C21H40F2N6O8. The van der Waals surface area contributed by atoms with Crippen molar-refractivity contribution in [2.45, 2.75) is 105 Å². The van der Waals surface area contributed by atoms with Gasteiger partial charge in [0.05, 0.1) is 24.2 Å². The van der Waals surface area contributed by atoms with Crippen LogP contribution in [0, 0.1) is 0 Å². The molecule has 0 aromatic rings. The van der Waals surface area contributed by atoms with E-state index in [-0.39, 0.29) is 19.1 Å². The van der Waals surface area contributed by atoms with Gasteiger partial charge in [-0.05, 0) is 19.3 Å². The van der Waals surface area contributed by atoms with Crippen LogP contribution >= 0.6 is 0 Å². The number of nitrogens with one attached hydrogen (secondary N) is 1. The molecule has 1 saturated carbocycles. The van der Waals surface area contributed by atoms with E-state index in [2.05, 4.69) is 5.32 Å². The molecule has 6 unspecified atom stereocenters. The minimum absolute atomic E-state index is 0.0922. The SMILES string of the molecule is NCC1CCC(N)[C@H](OC2C(F)[C@H](O[C@@H]3OC(CF)[C@H](O)[C@H](N)C3O)[C@H](NC(=O)[C@@H](O)CN)C[C@@H]2N)O1. The van der Waals surface area contributed by atoms with E-state index in [1.165, 1.54) is 0 Å². The van der Waals surface area contributed by atoms with Gasteiger partial charge in [-0.15, -0.1) is 0 Å². The predicted octanol–water partition coefficient (Wildman–Crippen LogP) is -4.84. The summed E-state index contributed by atoms with van der Waals surface area (Å²) < 4.78 is 52.1. The van der Waals surface area contributed by atoms with Crippen molar-refractivity contribution >= 4 is 5.91 Å². The number of ether oxygens (including phenoxy) is 4. The Morgan fingerprint density at radius 1 is 1.03 bits per heavy atom. The van der Waals surface area contributed by atoms with Gasteiger partial charge in [0, 0.05) is 19.1 Å². The van der Waals surface area contributed by atoms with Crippen molar-refractivity contribution in [1.29, 1.82) is 0 Å². The number of hydrogen-bond donors (Lipinski definition) is 9. The number of nitrogens with two attached hydrogens (primary N) is 5. The van der Waals surface area contributed by atoms with Gasteiger partial charge in [-0.25, -0.2) is 8.78 Å². The third-order valence-corrected chi connectivity index (χ3v) is 7.08. The van der Waals surface area contributed by atoms with Crippen LogP contribution in [0.1, 0.15) is 19.3 Å². The molecule has 14 atom stereocenters. The summed E-state index contributed by atoms with van der Waals surface area (Å²) in [5.74, 6) is -0.901. The Morgan fingerprint density at radius 3 is 2.32 bits per heavy atom. The highest BCUT2D eigenvalue weighted by molar-refractivity contribution is 5.81. The first-order valence-corrected chi connectivity index (χ1v) is 12.4. The lowest BCUT2D eigenvalue weighted by atomic mass is 9.84. The fourth-order valence-electron chi connectivity index (χ4n) is 4.77. The normalized spacial score (nSPS) is 45.8. The van der Waals surface area contributed by atoms with Gasteiger partial charge in [-0.3, -0.25) is 4.79 Å². The third-order valence-electron chi connectivity index (χ3n) is 7.08. The van der Waals surface area contributed by atoms with Crippen molar-refractivity contribution in [3.63, 3.8) is 0 Å². The summed E-state index contributed by atoms with van der Waals surface area (Å²) in [5.41, 5.74) is 29.1. The fourth-order valence-corrected chi connectivity index (χ4v) is 4.77. The maximum Gasteiger partial charge on any atom is 0.250 e. The molecule has 0 aromatic heterocycles. The zero-order chi connectivity index (χ0) is 27.4. The molecule has 0 aromatic carbocycles. The Labute approximate surface area is 213 Å². The van der Waals surface area contributed by atoms with E-state index < -0.39 is 98.7 Å². The second-order valence-corrected chi connectivity index (χ2v) is 9.77. The topological polar surface area (TPSA) is 257 Å². The highest BCUT2D eigenvalue weighted by Gasteiger charge is 2.52. The molecule has 0 radical (unpaired) electrons. The molecule has 2 saturated heterocycles. The molecule has 3 aliphatic rings. The van der Waals surface area contributed by atoms with Gasteiger partial charge >= 0.3 is 0 Å². The van der Waals surface area contributed by atoms with Crippen molar-refractivity contribution in [1.82, 2.24) is 5.32 Å². The highest BCUT2D eigenvalue weighted by atomic mass is 19.1. The largest absolute Gasteiger partial charge is 0.389 e. The van der Waals surface area contributed by atoms with Crippen LogP contribution in [-0.2, 0) is 23.7 Å². The first kappa shape index (κ1) is 30.4. The molecule has 3 rings (SSSR count). The number of rotatable bonds is 9. The molecule has 0 spiro atoms. The molecule has 0 bridgehead atoms. The maximum absolute atomic E-state index is 16.1. The molecule has 1 aliphatic carbocycles. The lowest BCUT2D eigenvalue weighted by molar-refractivity contribution is -0.306. The first-order valence-electron chi connectivity index (χ1n) is 12.4. The molecule has 16 heteroatoms. The minimum atomic E-state index is -2.04. The van der Waals surface area contributed by atoms with Crippen molar-refractivity contribution in [2.24, 2.45) is 28.7 Å². The second kappa shape index (κ2) is 13.3. The Bertz CT molecular complexity index is 747. The van der Waals surface area contributed by atoms with Gasteiger partial charge in [0.1, 0.15) is 43.3 Å². The standard InChI is InChI=1S/C21H40F2N6O8/c22-4-12-15(31)14(28)16(32)21(35-12)37-18-10(29-19(33)11(30)6-25)3-9(27)17(13(18)23)36-20-8(26)2-1-7(5-24)34-20/h7-18,20-21,30-32H,1-6,24-28H2,(H,29,33)/t7?,8?,9-,10+,11-,12?,13?,14-,15-,16?,17?,18+,20-,21-/m0/s1. The van der Waals surface area contributed by atoms with Gasteiger partial charge in [-0.2, -0.15) is 0 Å². The lowest BCUT2D eigenvalue weighted by Crippen LogP contribution is -2.68. The van der Waals surface area contributed by atoms with Crippen LogP contribution in [-0.4, -0.2) is 127 Å². The Morgan fingerprint density at radius 2 is 1.70 bits per heavy atom. The van der Waals surface area contributed by atoms with Crippen molar-refractivity contribution < 1.29 is 47.8 Å². The van der Waals surface area contributed by atoms with E-state index in [1.54, 1.807) is 0 Å². The van der Waals surface area contributed by atoms with E-state index >= 15 is 4.39 Å². The fraction of sp³-hybridized carbons (Fsp3) is 0.952. The molecule has 2 heterocycles. The second-order valence-electron chi connectivity index (χ2n) is 9.77. The minimum Gasteiger partial charge on any atom is -0.389 e. The zero-order valence-electron chi connectivity index (χ0n) is 20.4. The third kappa shape index (κ3) is 6.90. The number of hydrogen-bond acceptors (Lipinski definition) is 13. The van der Waals surface area contributed by atoms with Crippen LogP contribution in [0.15, 0.2) is 0 Å². The average Bonchev–Trinajstić information content (AvgIpc) is 2.88. The summed E-state index contributed by atoms with van der Waals surface area (Å²) in [4.78, 5) is 12.3. The van der Waals surface area contributed by atoms with Crippen LogP contribution in [0.4, 0.5) is 8.78 Å². The van der Waals surface area contributed by atoms with E-state index in [4.69, 9.17) is 47.6 Å². The van der Waals surface area contributed by atoms with Crippen molar-refractivity contribution in [3.8, 4) is 0 Å². The first-order chi connectivity index (χ1) is 17.5. The Balaban J connectivity index is 1.82. The number of amides is 1. The smallest absolute Gasteiger partial charge is 0.250 e. The zero-order valence-corrected chi connectivity index (χ0v) is 20.4. The van der Waals surface area contributed by atoms with Gasteiger partial charge in [0.2, 0.25) is 5.91 Å². The van der Waals surface area contributed by atoms with Crippen LogP contribution in [0.25, 0.3) is 0 Å². The van der Waals surface area contributed by atoms with Crippen LogP contribution in [0.5, 0.6) is 0 Å². The number of carbonyl (C=O) groups excluding carboxylic acids is 1. The lowest BCUT2D eigenvalue weighted by Gasteiger charge is -2.47. The number of alkyl halides is 2. The summed E-state index contributed by atoms with van der Waals surface area (Å²) >= 11 is 0. The molecule has 216 valence electrons. The monoisotopic (exact) mass is 542 g/mol. The van der Waals surface area contributed by atoms with E-state index in [9.17, 15) is 24.5 Å². The van der Waals surface area contributed by atoms with Crippen molar-refractivity contribution in [2.75, 3.05) is 19.8 Å². The summed E-state index contributed by atoms with van der Waals surface area (Å²) in [6.07, 6.45) is -13.1. The number of carbonyl (C=O) groups is 1. The van der Waals surface area contributed by atoms with Gasteiger partial charge < -0.3 is 68.3 Å². The molecule has 3 fully saturated rings. The number of aliphatic hydroxyl groups is 3. The molecule has 1 amide bonds. The van der Waals surface area contributed by atoms with E-state index in [0.717, 1.165) is 0 Å². The molecule has 2 aliphatic heterocycles. The van der Waals surface area contributed by atoms with Crippen LogP contribution in [0.3, 0.4) is 0 Å². The average molecular weight is 543 g/mol. The molecular weight excluding hydrogens is 502 g/mol. The molecule has 37 heavy (non-hydrogen) atoms. The Hall–Kier alpha value is -1.15. The van der Waals surface area contributed by atoms with Gasteiger partial charge in [-0.1, -0.05) is 0 Å². The maximum atomic E-state index is 16.1. The van der Waals surface area contributed by atoms with Gasteiger partial charge in [0.25, 0.3) is 0 Å². The quantitative estimate of drug-likeness (QED) is 0.133. The summed E-state index contributed by atoms with van der Waals surface area (Å²) in [5, 5.41) is 32.7. The Kier molecular flexibility index (Phi) is 10.9. The summed E-state index contributed by atoms with van der Waals surface area (Å²) in [6, 6.07) is -4.06. The van der Waals surface area contributed by atoms with E-state index in [1.807, 2.05) is 0 Å². The molecule has 14 nitrogen and oxygen atoms in total. The summed E-state index contributed by atoms with van der Waals surface area (Å²) in [7, 11) is 0. The van der Waals surface area contributed by atoms with Gasteiger partial charge in [0.15, 0.2) is 18.8 Å². The summed E-state index contributed by atoms with van der Waals surface area (Å²) in [6.45, 7) is -1.33.